The summed E-state index contributed by atoms with van der Waals surface area (Å²) in [5.74, 6) is -1.52. The fraction of sp³-hybridized carbons (Fsp3) is 0.308. The van der Waals surface area contributed by atoms with Crippen molar-refractivity contribution < 1.29 is 19.1 Å². The van der Waals surface area contributed by atoms with Gasteiger partial charge in [0.25, 0.3) is 0 Å². The number of nitrogens with two attached hydrogens (primary N) is 1. The third kappa shape index (κ3) is 3.49. The van der Waals surface area contributed by atoms with E-state index < -0.39 is 23.6 Å². The van der Waals surface area contributed by atoms with E-state index in [9.17, 15) is 14.4 Å². The van der Waals surface area contributed by atoms with Crippen LogP contribution in [0.25, 0.3) is 0 Å². The lowest BCUT2D eigenvalue weighted by Gasteiger charge is -2.09. The van der Waals surface area contributed by atoms with Gasteiger partial charge in [0.05, 0.1) is 7.11 Å². The summed E-state index contributed by atoms with van der Waals surface area (Å²) in [6.45, 7) is 1.23. The molecule has 0 aliphatic carbocycles. The molecule has 0 aliphatic heterocycles. The molecule has 0 aromatic heterocycles. The Kier molecular flexibility index (Phi) is 4.74. The van der Waals surface area contributed by atoms with Crippen LogP contribution in [-0.4, -0.2) is 30.7 Å². The lowest BCUT2D eigenvalue weighted by atomic mass is 10.0. The number of esters is 1. The van der Waals surface area contributed by atoms with Crippen molar-refractivity contribution in [2.45, 2.75) is 19.4 Å². The smallest absolute Gasteiger partial charge is 0.322 e. The van der Waals surface area contributed by atoms with E-state index in [2.05, 4.69) is 4.74 Å². The number of ether oxygens (including phenoxy) is 1. The molecule has 0 saturated heterocycles. The largest absolute Gasteiger partial charge is 0.468 e. The van der Waals surface area contributed by atoms with E-state index in [0.717, 1.165) is 5.56 Å². The molecule has 0 saturated carbocycles. The van der Waals surface area contributed by atoms with E-state index in [1.54, 1.807) is 24.3 Å². The normalized spacial score (nSPS) is 11.7. The van der Waals surface area contributed by atoms with Gasteiger partial charge >= 0.3 is 5.97 Å². The van der Waals surface area contributed by atoms with E-state index in [1.165, 1.54) is 14.0 Å². The van der Waals surface area contributed by atoms with Crippen molar-refractivity contribution in [2.24, 2.45) is 5.73 Å². The summed E-state index contributed by atoms with van der Waals surface area (Å²) in [6, 6.07) is 5.69. The molecular formula is C13H15NO4. The zero-order chi connectivity index (χ0) is 13.7. The molecule has 1 rings (SSSR count). The highest BCUT2D eigenvalue weighted by Crippen LogP contribution is 2.08. The summed E-state index contributed by atoms with van der Waals surface area (Å²) >= 11 is 0. The van der Waals surface area contributed by atoms with Crippen LogP contribution in [0.4, 0.5) is 0 Å². The zero-order valence-corrected chi connectivity index (χ0v) is 10.3. The van der Waals surface area contributed by atoms with Gasteiger partial charge in [-0.2, -0.15) is 0 Å². The van der Waals surface area contributed by atoms with Crippen LogP contribution in [0.1, 0.15) is 22.8 Å². The Morgan fingerprint density at radius 1 is 1.22 bits per heavy atom. The number of benzene rings is 1. The topological polar surface area (TPSA) is 86.5 Å². The molecule has 0 radical (unpaired) electrons. The molecule has 5 heteroatoms. The number of carbonyl (C=O) groups is 3. The molecule has 1 atom stereocenters. The minimum absolute atomic E-state index is 0.321. The van der Waals surface area contributed by atoms with Crippen molar-refractivity contribution in [1.82, 2.24) is 0 Å². The van der Waals surface area contributed by atoms with E-state index in [4.69, 9.17) is 5.73 Å². The molecule has 2 N–H and O–H groups in total. The quantitative estimate of drug-likeness (QED) is 0.466. The summed E-state index contributed by atoms with van der Waals surface area (Å²) < 4.78 is 4.51. The van der Waals surface area contributed by atoms with Crippen molar-refractivity contribution in [3.8, 4) is 0 Å². The Bertz CT molecular complexity index is 464. The van der Waals surface area contributed by atoms with Gasteiger partial charge in [-0.25, -0.2) is 0 Å². The predicted molar refractivity (Wildman–Crippen MR) is 65.1 cm³/mol. The molecule has 0 heterocycles. The van der Waals surface area contributed by atoms with Crippen molar-refractivity contribution >= 4 is 17.5 Å². The third-order valence-electron chi connectivity index (χ3n) is 2.50. The van der Waals surface area contributed by atoms with Crippen molar-refractivity contribution in [2.75, 3.05) is 7.11 Å². The number of ketones is 2. The van der Waals surface area contributed by atoms with E-state index in [-0.39, 0.29) is 0 Å². The number of Topliss-reactive ketones (excluding diaryl/α,β-unsaturated/α-hetero) is 2. The van der Waals surface area contributed by atoms with Gasteiger partial charge < -0.3 is 10.5 Å². The summed E-state index contributed by atoms with van der Waals surface area (Å²) in [4.78, 5) is 33.4. The van der Waals surface area contributed by atoms with Crippen LogP contribution in [0.3, 0.4) is 0 Å². The Labute approximate surface area is 105 Å². The maximum atomic E-state index is 11.4. The van der Waals surface area contributed by atoms with Crippen molar-refractivity contribution in [1.29, 1.82) is 0 Å². The zero-order valence-electron chi connectivity index (χ0n) is 10.3. The fourth-order valence-electron chi connectivity index (χ4n) is 1.48. The first-order valence-corrected chi connectivity index (χ1v) is 5.43. The molecule has 18 heavy (non-hydrogen) atoms. The summed E-state index contributed by atoms with van der Waals surface area (Å²) in [5, 5.41) is 0. The summed E-state index contributed by atoms with van der Waals surface area (Å²) in [5.41, 5.74) is 6.74. The Morgan fingerprint density at radius 2 is 1.78 bits per heavy atom. The molecule has 1 aromatic rings. The average molecular weight is 249 g/mol. The van der Waals surface area contributed by atoms with Gasteiger partial charge in [-0.15, -0.1) is 0 Å². The van der Waals surface area contributed by atoms with Crippen LogP contribution >= 0.6 is 0 Å². The number of hydrogen-bond acceptors (Lipinski definition) is 5. The van der Waals surface area contributed by atoms with E-state index >= 15 is 0 Å². The van der Waals surface area contributed by atoms with Gasteiger partial charge in [0.15, 0.2) is 5.78 Å². The van der Waals surface area contributed by atoms with Crippen LogP contribution < -0.4 is 5.73 Å². The molecule has 0 amide bonds. The standard InChI is InChI=1S/C13H15NO4/c1-8(15)12(16)10-5-3-9(4-6-10)7-11(14)13(17)18-2/h3-6,11H,7,14H2,1-2H3. The van der Waals surface area contributed by atoms with Gasteiger partial charge in [-0.1, -0.05) is 24.3 Å². The van der Waals surface area contributed by atoms with Crippen LogP contribution in [-0.2, 0) is 20.7 Å². The Morgan fingerprint density at radius 3 is 2.22 bits per heavy atom. The maximum Gasteiger partial charge on any atom is 0.322 e. The first-order chi connectivity index (χ1) is 8.45. The van der Waals surface area contributed by atoms with Gasteiger partial charge in [0.2, 0.25) is 5.78 Å². The second-order valence-electron chi connectivity index (χ2n) is 3.92. The maximum absolute atomic E-state index is 11.4. The number of rotatable bonds is 5. The second-order valence-corrected chi connectivity index (χ2v) is 3.92. The van der Waals surface area contributed by atoms with E-state index in [1.807, 2.05) is 0 Å². The lowest BCUT2D eigenvalue weighted by molar-refractivity contribution is -0.142. The second kappa shape index (κ2) is 6.07. The van der Waals surface area contributed by atoms with Crippen LogP contribution in [0.2, 0.25) is 0 Å². The van der Waals surface area contributed by atoms with Gasteiger partial charge in [-0.05, 0) is 12.0 Å². The van der Waals surface area contributed by atoms with Gasteiger partial charge in [0.1, 0.15) is 6.04 Å². The number of methoxy groups -OCH3 is 1. The minimum atomic E-state index is -0.732. The highest BCUT2D eigenvalue weighted by atomic mass is 16.5. The first kappa shape index (κ1) is 14.1. The fourth-order valence-corrected chi connectivity index (χ4v) is 1.48. The Balaban J connectivity index is 2.75. The SMILES string of the molecule is COC(=O)C(N)Cc1ccc(C(=O)C(C)=O)cc1. The molecule has 1 unspecified atom stereocenters. The minimum Gasteiger partial charge on any atom is -0.468 e. The molecule has 0 aliphatic rings. The molecule has 0 spiro atoms. The molecule has 0 bridgehead atoms. The van der Waals surface area contributed by atoms with Crippen molar-refractivity contribution in [3.05, 3.63) is 35.4 Å². The van der Waals surface area contributed by atoms with Gasteiger partial charge in [-0.3, -0.25) is 14.4 Å². The summed E-state index contributed by atoms with van der Waals surface area (Å²) in [7, 11) is 1.27. The van der Waals surface area contributed by atoms with Crippen LogP contribution in [0, 0.1) is 0 Å². The molecule has 1 aromatic carbocycles. The van der Waals surface area contributed by atoms with Crippen LogP contribution in [0.5, 0.6) is 0 Å². The first-order valence-electron chi connectivity index (χ1n) is 5.43. The predicted octanol–water partition coefficient (Wildman–Crippen LogP) is 0.501. The van der Waals surface area contributed by atoms with Gasteiger partial charge in [0, 0.05) is 12.5 Å². The van der Waals surface area contributed by atoms with Crippen LogP contribution in [0.15, 0.2) is 24.3 Å². The highest BCUT2D eigenvalue weighted by molar-refractivity contribution is 6.42. The summed E-state index contributed by atoms with van der Waals surface area (Å²) in [6.07, 6.45) is 0.321. The average Bonchev–Trinajstić information content (AvgIpc) is 2.37. The lowest BCUT2D eigenvalue weighted by Crippen LogP contribution is -2.33. The Hall–Kier alpha value is -2.01. The third-order valence-corrected chi connectivity index (χ3v) is 2.50. The molecular weight excluding hydrogens is 234 g/mol. The molecule has 96 valence electrons. The van der Waals surface area contributed by atoms with E-state index in [0.29, 0.717) is 12.0 Å². The van der Waals surface area contributed by atoms with Crippen molar-refractivity contribution in [3.63, 3.8) is 0 Å². The monoisotopic (exact) mass is 249 g/mol. The highest BCUT2D eigenvalue weighted by Gasteiger charge is 2.15. The molecule has 5 nitrogen and oxygen atoms in total. The number of hydrogen-bond donors (Lipinski definition) is 1. The number of carbonyl (C=O) groups excluding carboxylic acids is 3. The molecule has 0 fully saturated rings.